The third-order valence-corrected chi connectivity index (χ3v) is 4.89. The zero-order chi connectivity index (χ0) is 17.1. The lowest BCUT2D eigenvalue weighted by molar-refractivity contribution is -0.118. The van der Waals surface area contributed by atoms with Crippen LogP contribution < -0.4 is 14.8 Å². The van der Waals surface area contributed by atoms with Crippen molar-refractivity contribution in [1.29, 1.82) is 0 Å². The molecule has 5 nitrogen and oxygen atoms in total. The molecule has 1 N–H and O–H groups in total. The monoisotopic (exact) mass is 426 g/mol. The van der Waals surface area contributed by atoms with E-state index in [2.05, 4.69) is 26.2 Å². The second-order valence-electron chi connectivity index (χ2n) is 4.74. The number of para-hydroxylation sites is 1. The number of ether oxygens (including phenoxy) is 2. The number of nitrogens with one attached hydrogen (secondary N) is 1. The first-order valence-electron chi connectivity index (χ1n) is 6.88. The second-order valence-corrected chi connectivity index (χ2v) is 7.06. The summed E-state index contributed by atoms with van der Waals surface area (Å²) in [5.41, 5.74) is 0.724. The summed E-state index contributed by atoms with van der Waals surface area (Å²) in [4.78, 5) is 16.4. The summed E-state index contributed by atoms with van der Waals surface area (Å²) < 4.78 is 12.4. The van der Waals surface area contributed by atoms with Crippen LogP contribution in [0.25, 0.3) is 10.2 Å². The lowest BCUT2D eigenvalue weighted by atomic mass is 10.3. The Kier molecular flexibility index (Phi) is 5.23. The van der Waals surface area contributed by atoms with Gasteiger partial charge in [-0.3, -0.25) is 10.1 Å². The summed E-state index contributed by atoms with van der Waals surface area (Å²) in [5, 5.41) is 3.81. The van der Waals surface area contributed by atoms with Crippen LogP contribution in [0.15, 0.2) is 40.9 Å². The van der Waals surface area contributed by atoms with Gasteiger partial charge in [-0.25, -0.2) is 4.98 Å². The quantitative estimate of drug-likeness (QED) is 0.639. The van der Waals surface area contributed by atoms with Crippen LogP contribution in [0.3, 0.4) is 0 Å². The van der Waals surface area contributed by atoms with Crippen molar-refractivity contribution in [1.82, 2.24) is 4.98 Å². The number of hydrogen-bond acceptors (Lipinski definition) is 5. The molecule has 0 saturated heterocycles. The maximum Gasteiger partial charge on any atom is 0.264 e. The Hall–Kier alpha value is -1.83. The number of methoxy groups -OCH3 is 1. The van der Waals surface area contributed by atoms with Crippen LogP contribution >= 0.6 is 38.9 Å². The van der Waals surface area contributed by atoms with Crippen molar-refractivity contribution in [2.75, 3.05) is 19.0 Å². The zero-order valence-electron chi connectivity index (χ0n) is 12.5. The van der Waals surface area contributed by atoms with E-state index in [9.17, 15) is 4.79 Å². The predicted octanol–water partition coefficient (Wildman–Crippen LogP) is 4.74. The maximum absolute atomic E-state index is 12.1. The van der Waals surface area contributed by atoms with E-state index in [0.29, 0.717) is 26.1 Å². The van der Waals surface area contributed by atoms with Crippen molar-refractivity contribution in [3.05, 3.63) is 45.9 Å². The molecule has 0 bridgehead atoms. The fourth-order valence-corrected chi connectivity index (χ4v) is 3.73. The molecule has 2 aromatic carbocycles. The number of carbonyl (C=O) groups is 1. The first-order chi connectivity index (χ1) is 11.6. The molecule has 1 aromatic heterocycles. The van der Waals surface area contributed by atoms with Crippen molar-refractivity contribution in [2.24, 2.45) is 0 Å². The average Bonchev–Trinajstić information content (AvgIpc) is 2.96. The molecular formula is C16H12BrClN2O3S. The molecule has 1 amide bonds. The van der Waals surface area contributed by atoms with Crippen molar-refractivity contribution in [2.45, 2.75) is 0 Å². The molecule has 3 aromatic rings. The Bertz CT molecular complexity index is 900. The minimum absolute atomic E-state index is 0.132. The SMILES string of the molecule is COc1cccc2sc(NC(=O)COc3ccc(Cl)cc3Br)nc12. The van der Waals surface area contributed by atoms with Crippen molar-refractivity contribution < 1.29 is 14.3 Å². The number of rotatable bonds is 5. The standard InChI is InChI=1S/C16H12BrClN2O3S/c1-22-12-3-2-4-13-15(12)20-16(24-13)19-14(21)8-23-11-6-5-9(18)7-10(11)17/h2-7H,8H2,1H3,(H,19,20,21). The van der Waals surface area contributed by atoms with E-state index in [4.69, 9.17) is 21.1 Å². The van der Waals surface area contributed by atoms with Crippen LogP contribution in [0.5, 0.6) is 11.5 Å². The van der Waals surface area contributed by atoms with E-state index in [0.717, 1.165) is 10.2 Å². The Labute approximate surface area is 155 Å². The molecule has 0 saturated carbocycles. The predicted molar refractivity (Wildman–Crippen MR) is 99.4 cm³/mol. The first kappa shape index (κ1) is 17.0. The fraction of sp³-hybridized carbons (Fsp3) is 0.125. The number of benzene rings is 2. The van der Waals surface area contributed by atoms with Gasteiger partial charge in [-0.2, -0.15) is 0 Å². The van der Waals surface area contributed by atoms with E-state index < -0.39 is 0 Å². The molecule has 1 heterocycles. The highest BCUT2D eigenvalue weighted by atomic mass is 79.9. The van der Waals surface area contributed by atoms with Gasteiger partial charge < -0.3 is 9.47 Å². The highest BCUT2D eigenvalue weighted by Gasteiger charge is 2.12. The largest absolute Gasteiger partial charge is 0.494 e. The van der Waals surface area contributed by atoms with E-state index in [1.165, 1.54) is 11.3 Å². The Morgan fingerprint density at radius 2 is 2.17 bits per heavy atom. The summed E-state index contributed by atoms with van der Waals surface area (Å²) >= 11 is 10.6. The summed E-state index contributed by atoms with van der Waals surface area (Å²) in [5.74, 6) is 0.918. The maximum atomic E-state index is 12.1. The summed E-state index contributed by atoms with van der Waals surface area (Å²) in [6.45, 7) is -0.132. The van der Waals surface area contributed by atoms with Gasteiger partial charge in [-0.15, -0.1) is 0 Å². The van der Waals surface area contributed by atoms with Gasteiger partial charge in [0.25, 0.3) is 5.91 Å². The van der Waals surface area contributed by atoms with Crippen LogP contribution in [0, 0.1) is 0 Å². The van der Waals surface area contributed by atoms with E-state index in [-0.39, 0.29) is 12.5 Å². The number of halogens is 2. The number of fused-ring (bicyclic) bond motifs is 1. The van der Waals surface area contributed by atoms with Crippen molar-refractivity contribution in [3.63, 3.8) is 0 Å². The Morgan fingerprint density at radius 3 is 2.92 bits per heavy atom. The number of aromatic nitrogens is 1. The van der Waals surface area contributed by atoms with Crippen LogP contribution in [-0.4, -0.2) is 24.6 Å². The molecule has 0 aliphatic carbocycles. The Balaban J connectivity index is 1.66. The van der Waals surface area contributed by atoms with E-state index in [1.54, 1.807) is 25.3 Å². The van der Waals surface area contributed by atoms with E-state index >= 15 is 0 Å². The molecule has 124 valence electrons. The van der Waals surface area contributed by atoms with Gasteiger partial charge >= 0.3 is 0 Å². The molecule has 0 spiro atoms. The zero-order valence-corrected chi connectivity index (χ0v) is 15.7. The van der Waals surface area contributed by atoms with Gasteiger partial charge in [-0.05, 0) is 46.3 Å². The van der Waals surface area contributed by atoms with Crippen LogP contribution in [0.4, 0.5) is 5.13 Å². The summed E-state index contributed by atoms with van der Waals surface area (Å²) in [6.07, 6.45) is 0. The first-order valence-corrected chi connectivity index (χ1v) is 8.87. The molecule has 3 rings (SSSR count). The van der Waals surface area contributed by atoms with Gasteiger partial charge in [0.05, 0.1) is 16.3 Å². The molecule has 0 aliphatic heterocycles. The molecule has 24 heavy (non-hydrogen) atoms. The highest BCUT2D eigenvalue weighted by Crippen LogP contribution is 2.32. The topological polar surface area (TPSA) is 60.5 Å². The van der Waals surface area contributed by atoms with Crippen molar-refractivity contribution >= 4 is 60.1 Å². The lowest BCUT2D eigenvalue weighted by Gasteiger charge is -2.07. The fourth-order valence-electron chi connectivity index (χ4n) is 2.03. The highest BCUT2D eigenvalue weighted by molar-refractivity contribution is 9.10. The van der Waals surface area contributed by atoms with Gasteiger partial charge in [-0.1, -0.05) is 29.0 Å². The summed E-state index contributed by atoms with van der Waals surface area (Å²) in [7, 11) is 1.59. The average molecular weight is 428 g/mol. The third-order valence-electron chi connectivity index (χ3n) is 3.10. The van der Waals surface area contributed by atoms with Crippen LogP contribution in [0.2, 0.25) is 5.02 Å². The number of nitrogens with zero attached hydrogens (tertiary/aromatic N) is 1. The molecular weight excluding hydrogens is 416 g/mol. The molecule has 0 atom stereocenters. The van der Waals surface area contributed by atoms with Crippen molar-refractivity contribution in [3.8, 4) is 11.5 Å². The number of anilines is 1. The van der Waals surface area contributed by atoms with Gasteiger partial charge in [0.1, 0.15) is 17.0 Å². The lowest BCUT2D eigenvalue weighted by Crippen LogP contribution is -2.20. The van der Waals surface area contributed by atoms with Crippen LogP contribution in [0.1, 0.15) is 0 Å². The number of carbonyl (C=O) groups excluding carboxylic acids is 1. The normalized spacial score (nSPS) is 10.6. The smallest absolute Gasteiger partial charge is 0.264 e. The van der Waals surface area contributed by atoms with Gasteiger partial charge in [0, 0.05) is 5.02 Å². The molecule has 0 aliphatic rings. The minimum atomic E-state index is -0.296. The second kappa shape index (κ2) is 7.38. The van der Waals surface area contributed by atoms with Gasteiger partial charge in [0.2, 0.25) is 0 Å². The van der Waals surface area contributed by atoms with Gasteiger partial charge in [0.15, 0.2) is 11.7 Å². The minimum Gasteiger partial charge on any atom is -0.494 e. The third kappa shape index (κ3) is 3.80. The molecule has 0 unspecified atom stereocenters. The van der Waals surface area contributed by atoms with E-state index in [1.807, 2.05) is 18.2 Å². The Morgan fingerprint density at radius 1 is 1.33 bits per heavy atom. The molecule has 8 heteroatoms. The molecule has 0 radical (unpaired) electrons. The summed E-state index contributed by atoms with van der Waals surface area (Å²) in [6, 6.07) is 10.7. The number of hydrogen-bond donors (Lipinski definition) is 1. The number of thiazole rings is 1. The molecule has 0 fully saturated rings. The van der Waals surface area contributed by atoms with Crippen LogP contribution in [-0.2, 0) is 4.79 Å². The number of amides is 1.